The number of urea groups is 1. The molecule has 0 unspecified atom stereocenters. The number of hydrogen-bond donors (Lipinski definition) is 4. The molecule has 2 amide bonds. The van der Waals surface area contributed by atoms with Gasteiger partial charge < -0.3 is 20.3 Å². The highest BCUT2D eigenvalue weighted by atomic mass is 32.3. The molecule has 0 radical (unpaired) electrons. The highest BCUT2D eigenvalue weighted by Crippen LogP contribution is 2.47. The SMILES string of the molecule is CC(C)NC(=O)Nc1ccc(-c2nc(CS(O)(O)C(C)C)cc(N3CCOC[C@@H]3C)n2)cc1. The number of aromatic nitrogens is 2. The number of hydrogen-bond acceptors (Lipinski definition) is 7. The van der Waals surface area contributed by atoms with Crippen LogP contribution in [0.1, 0.15) is 40.3 Å². The molecule has 0 saturated carbocycles. The summed E-state index contributed by atoms with van der Waals surface area (Å²) in [6.45, 7) is 11.4. The molecule has 2 heterocycles. The van der Waals surface area contributed by atoms with Gasteiger partial charge in [0.1, 0.15) is 5.82 Å². The Balaban J connectivity index is 1.92. The van der Waals surface area contributed by atoms with Gasteiger partial charge in [-0.1, -0.05) is 0 Å². The van der Waals surface area contributed by atoms with Gasteiger partial charge in [0, 0.05) is 35.2 Å². The monoisotopic (exact) mass is 477 g/mol. The van der Waals surface area contributed by atoms with E-state index in [4.69, 9.17) is 9.72 Å². The van der Waals surface area contributed by atoms with E-state index in [0.29, 0.717) is 37.0 Å². The molecule has 3 rings (SSSR count). The van der Waals surface area contributed by atoms with Gasteiger partial charge in [0.25, 0.3) is 0 Å². The first kappa shape index (κ1) is 25.2. The molecule has 9 nitrogen and oxygen atoms in total. The van der Waals surface area contributed by atoms with Crippen LogP contribution in [0.25, 0.3) is 11.4 Å². The van der Waals surface area contributed by atoms with Crippen molar-refractivity contribution in [3.05, 3.63) is 36.0 Å². The van der Waals surface area contributed by atoms with Crippen molar-refractivity contribution in [3.63, 3.8) is 0 Å². The number of ether oxygens (including phenoxy) is 1. The fourth-order valence-electron chi connectivity index (χ4n) is 3.42. The predicted molar refractivity (Wildman–Crippen MR) is 134 cm³/mol. The number of carbonyl (C=O) groups excluding carboxylic acids is 1. The molecular weight excluding hydrogens is 442 g/mol. The summed E-state index contributed by atoms with van der Waals surface area (Å²) >= 11 is 0. The molecule has 10 heteroatoms. The Morgan fingerprint density at radius 2 is 1.91 bits per heavy atom. The largest absolute Gasteiger partial charge is 0.377 e. The Labute approximate surface area is 197 Å². The van der Waals surface area contributed by atoms with Gasteiger partial charge in [-0.2, -0.15) is 10.6 Å². The molecule has 33 heavy (non-hydrogen) atoms. The van der Waals surface area contributed by atoms with Crippen LogP contribution in [0, 0.1) is 0 Å². The summed E-state index contributed by atoms with van der Waals surface area (Å²) in [4.78, 5) is 23.6. The molecule has 1 atom stereocenters. The molecule has 1 fully saturated rings. The zero-order valence-electron chi connectivity index (χ0n) is 19.9. The molecule has 182 valence electrons. The van der Waals surface area contributed by atoms with E-state index in [2.05, 4.69) is 27.4 Å². The van der Waals surface area contributed by atoms with Gasteiger partial charge >= 0.3 is 6.03 Å². The fourth-order valence-corrected chi connectivity index (χ4v) is 4.33. The first-order chi connectivity index (χ1) is 15.5. The predicted octanol–water partition coefficient (Wildman–Crippen LogP) is 4.56. The zero-order chi connectivity index (χ0) is 24.2. The van der Waals surface area contributed by atoms with E-state index in [1.54, 1.807) is 26.0 Å². The van der Waals surface area contributed by atoms with E-state index in [-0.39, 0.29) is 29.1 Å². The van der Waals surface area contributed by atoms with Crippen LogP contribution >= 0.6 is 10.6 Å². The number of morpholine rings is 1. The van der Waals surface area contributed by atoms with Crippen molar-refractivity contribution in [3.8, 4) is 11.4 Å². The Bertz CT molecular complexity index is 952. The zero-order valence-corrected chi connectivity index (χ0v) is 20.7. The fraction of sp³-hybridized carbons (Fsp3) is 0.522. The van der Waals surface area contributed by atoms with E-state index < -0.39 is 10.6 Å². The average Bonchev–Trinajstić information content (AvgIpc) is 2.73. The lowest BCUT2D eigenvalue weighted by Gasteiger charge is -2.37. The highest BCUT2D eigenvalue weighted by molar-refractivity contribution is 8.24. The lowest BCUT2D eigenvalue weighted by atomic mass is 10.2. The maximum absolute atomic E-state index is 12.0. The Kier molecular flexibility index (Phi) is 8.17. The molecule has 0 bridgehead atoms. The number of amides is 2. The summed E-state index contributed by atoms with van der Waals surface area (Å²) in [5.74, 6) is 1.31. The number of benzene rings is 1. The van der Waals surface area contributed by atoms with Crippen LogP contribution in [0.3, 0.4) is 0 Å². The molecule has 1 aliphatic rings. The van der Waals surface area contributed by atoms with Gasteiger partial charge in [-0.25, -0.2) is 14.8 Å². The van der Waals surface area contributed by atoms with Crippen molar-refractivity contribution in [2.75, 3.05) is 30.0 Å². The maximum Gasteiger partial charge on any atom is 0.319 e. The minimum Gasteiger partial charge on any atom is -0.377 e. The number of rotatable bonds is 7. The second-order valence-electron chi connectivity index (χ2n) is 8.90. The normalized spacial score (nSPS) is 17.4. The molecule has 1 aromatic carbocycles. The quantitative estimate of drug-likeness (QED) is 0.461. The molecule has 1 saturated heterocycles. The van der Waals surface area contributed by atoms with Crippen molar-refractivity contribution in [1.29, 1.82) is 0 Å². The Morgan fingerprint density at radius 3 is 2.52 bits per heavy atom. The van der Waals surface area contributed by atoms with E-state index in [9.17, 15) is 13.9 Å². The minimum absolute atomic E-state index is 0.0413. The minimum atomic E-state index is -2.83. The molecule has 0 spiro atoms. The number of nitrogens with one attached hydrogen (secondary N) is 2. The molecule has 1 aliphatic heterocycles. The summed E-state index contributed by atoms with van der Waals surface area (Å²) in [6, 6.07) is 9.04. The summed E-state index contributed by atoms with van der Waals surface area (Å²) in [5, 5.41) is 5.31. The second kappa shape index (κ2) is 10.7. The van der Waals surface area contributed by atoms with Crippen LogP contribution < -0.4 is 15.5 Å². The molecule has 0 aliphatic carbocycles. The van der Waals surface area contributed by atoms with Crippen LogP contribution in [0.2, 0.25) is 0 Å². The smallest absolute Gasteiger partial charge is 0.319 e. The molecular formula is C23H35N5O4S. The van der Waals surface area contributed by atoms with Crippen LogP contribution in [0.5, 0.6) is 0 Å². The number of nitrogens with zero attached hydrogens (tertiary/aromatic N) is 3. The Morgan fingerprint density at radius 1 is 1.21 bits per heavy atom. The first-order valence-electron chi connectivity index (χ1n) is 11.2. The molecule has 4 N–H and O–H groups in total. The molecule has 2 aromatic rings. The third-order valence-corrected chi connectivity index (χ3v) is 7.59. The van der Waals surface area contributed by atoms with E-state index in [1.165, 1.54) is 0 Å². The van der Waals surface area contributed by atoms with Crippen LogP contribution in [0.4, 0.5) is 16.3 Å². The van der Waals surface area contributed by atoms with Crippen LogP contribution in [-0.2, 0) is 10.5 Å². The van der Waals surface area contributed by atoms with Crippen molar-refractivity contribution in [1.82, 2.24) is 15.3 Å². The average molecular weight is 478 g/mol. The van der Waals surface area contributed by atoms with Gasteiger partial charge in [-0.15, -0.1) is 0 Å². The summed E-state index contributed by atoms with van der Waals surface area (Å²) in [7, 11) is -2.83. The van der Waals surface area contributed by atoms with E-state index in [1.807, 2.05) is 32.0 Å². The lowest BCUT2D eigenvalue weighted by molar-refractivity contribution is 0.0985. The summed E-state index contributed by atoms with van der Waals surface area (Å²) in [5.41, 5.74) is 2.01. The summed E-state index contributed by atoms with van der Waals surface area (Å²) in [6.07, 6.45) is 0. The van der Waals surface area contributed by atoms with Crippen molar-refractivity contribution < 1.29 is 18.6 Å². The van der Waals surface area contributed by atoms with Gasteiger partial charge in [0.15, 0.2) is 5.82 Å². The van der Waals surface area contributed by atoms with Gasteiger partial charge in [0.05, 0.1) is 30.7 Å². The highest BCUT2D eigenvalue weighted by Gasteiger charge is 2.24. The van der Waals surface area contributed by atoms with E-state index >= 15 is 0 Å². The van der Waals surface area contributed by atoms with Crippen LogP contribution in [0.15, 0.2) is 30.3 Å². The van der Waals surface area contributed by atoms with E-state index in [0.717, 1.165) is 11.4 Å². The second-order valence-corrected chi connectivity index (χ2v) is 11.6. The van der Waals surface area contributed by atoms with Crippen molar-refractivity contribution in [2.24, 2.45) is 0 Å². The molecule has 1 aromatic heterocycles. The summed E-state index contributed by atoms with van der Waals surface area (Å²) < 4.78 is 26.6. The lowest BCUT2D eigenvalue weighted by Crippen LogP contribution is -2.44. The maximum atomic E-state index is 12.0. The third kappa shape index (κ3) is 6.80. The standard InChI is InChI=1S/C23H35N5O4S/c1-15(2)24-23(29)26-19-8-6-18(7-9-19)22-25-20(14-33(30,31)16(3)4)12-21(27-22)28-10-11-32-13-17(28)5/h6-9,12,15-17,30-31H,10-11,13-14H2,1-5H3,(H2,24,26,29)/t17-/m0/s1. The number of carbonyl (C=O) groups is 1. The third-order valence-electron chi connectivity index (χ3n) is 5.36. The van der Waals surface area contributed by atoms with Crippen molar-refractivity contribution >= 4 is 28.1 Å². The van der Waals surface area contributed by atoms with Crippen LogP contribution in [-0.4, -0.2) is 62.2 Å². The van der Waals surface area contributed by atoms with Gasteiger partial charge in [0.2, 0.25) is 0 Å². The topological polar surface area (TPSA) is 120 Å². The van der Waals surface area contributed by atoms with Crippen molar-refractivity contribution in [2.45, 2.75) is 57.7 Å². The van der Waals surface area contributed by atoms with Gasteiger partial charge in [-0.3, -0.25) is 9.11 Å². The Hall–Kier alpha value is -2.40. The first-order valence-corrected chi connectivity index (χ1v) is 13.0. The van der Waals surface area contributed by atoms with Gasteiger partial charge in [-0.05, 0) is 58.9 Å². The number of anilines is 2.